The zero-order valence-corrected chi connectivity index (χ0v) is 10.0. The second-order valence-corrected chi connectivity index (χ2v) is 4.73. The molecule has 0 aliphatic carbocycles. The summed E-state index contributed by atoms with van der Waals surface area (Å²) in [6.07, 6.45) is 2.44. The molecular formula is C13H19Cl. The monoisotopic (exact) mass is 210 g/mol. The summed E-state index contributed by atoms with van der Waals surface area (Å²) in [4.78, 5) is 0. The van der Waals surface area contributed by atoms with Crippen molar-refractivity contribution in [1.29, 1.82) is 0 Å². The molecule has 1 atom stereocenters. The molecule has 0 fully saturated rings. The number of benzene rings is 1. The standard InChI is InChI=1S/C13H19Cl/c1-4-11(8-10(2)3)12-6-5-7-13(14)9-12/h5-7,9-11H,4,8H2,1-3H3. The van der Waals surface area contributed by atoms with Crippen molar-refractivity contribution in [3.05, 3.63) is 34.9 Å². The molecule has 1 aromatic rings. The summed E-state index contributed by atoms with van der Waals surface area (Å²) in [5, 5.41) is 0.852. The molecular weight excluding hydrogens is 192 g/mol. The molecule has 78 valence electrons. The van der Waals surface area contributed by atoms with E-state index in [2.05, 4.69) is 32.9 Å². The van der Waals surface area contributed by atoms with Crippen molar-refractivity contribution in [2.24, 2.45) is 5.92 Å². The zero-order chi connectivity index (χ0) is 10.6. The highest BCUT2D eigenvalue weighted by Gasteiger charge is 2.11. The van der Waals surface area contributed by atoms with Crippen LogP contribution in [0.25, 0.3) is 0 Å². The van der Waals surface area contributed by atoms with Crippen LogP contribution in [0.5, 0.6) is 0 Å². The third-order valence-electron chi connectivity index (χ3n) is 2.57. The van der Waals surface area contributed by atoms with Crippen LogP contribution in [0.1, 0.15) is 45.1 Å². The first-order valence-electron chi connectivity index (χ1n) is 5.39. The summed E-state index contributed by atoms with van der Waals surface area (Å²) < 4.78 is 0. The summed E-state index contributed by atoms with van der Waals surface area (Å²) in [5.74, 6) is 1.41. The molecule has 1 heteroatoms. The zero-order valence-electron chi connectivity index (χ0n) is 9.26. The minimum Gasteiger partial charge on any atom is -0.0843 e. The molecule has 0 radical (unpaired) electrons. The lowest BCUT2D eigenvalue weighted by Gasteiger charge is -2.17. The fourth-order valence-electron chi connectivity index (χ4n) is 1.87. The van der Waals surface area contributed by atoms with Crippen molar-refractivity contribution in [2.75, 3.05) is 0 Å². The van der Waals surface area contributed by atoms with E-state index in [1.165, 1.54) is 18.4 Å². The van der Waals surface area contributed by atoms with Gasteiger partial charge in [-0.1, -0.05) is 44.5 Å². The summed E-state index contributed by atoms with van der Waals surface area (Å²) in [6, 6.07) is 8.26. The second-order valence-electron chi connectivity index (χ2n) is 4.29. The van der Waals surface area contributed by atoms with E-state index in [1.54, 1.807) is 0 Å². The number of hydrogen-bond acceptors (Lipinski definition) is 0. The van der Waals surface area contributed by atoms with Gasteiger partial charge in [-0.25, -0.2) is 0 Å². The lowest BCUT2D eigenvalue weighted by atomic mass is 9.88. The van der Waals surface area contributed by atoms with Crippen molar-refractivity contribution in [2.45, 2.75) is 39.5 Å². The van der Waals surface area contributed by atoms with Crippen LogP contribution in [0.4, 0.5) is 0 Å². The average molecular weight is 211 g/mol. The molecule has 1 aromatic carbocycles. The minimum absolute atomic E-state index is 0.661. The maximum Gasteiger partial charge on any atom is 0.0408 e. The van der Waals surface area contributed by atoms with Crippen LogP contribution in [0.3, 0.4) is 0 Å². The Balaban J connectivity index is 2.78. The summed E-state index contributed by atoms with van der Waals surface area (Å²) in [5.41, 5.74) is 1.38. The predicted octanol–water partition coefficient (Wildman–Crippen LogP) is 4.88. The molecule has 0 saturated heterocycles. The van der Waals surface area contributed by atoms with E-state index in [0.717, 1.165) is 10.9 Å². The fraction of sp³-hybridized carbons (Fsp3) is 0.538. The van der Waals surface area contributed by atoms with Gasteiger partial charge in [-0.3, -0.25) is 0 Å². The van der Waals surface area contributed by atoms with Crippen LogP contribution in [0.2, 0.25) is 5.02 Å². The Labute approximate surface area is 92.3 Å². The predicted molar refractivity (Wildman–Crippen MR) is 63.9 cm³/mol. The third-order valence-corrected chi connectivity index (χ3v) is 2.80. The van der Waals surface area contributed by atoms with E-state index in [0.29, 0.717) is 5.92 Å². The van der Waals surface area contributed by atoms with E-state index in [9.17, 15) is 0 Å². The van der Waals surface area contributed by atoms with Crippen LogP contribution in [-0.4, -0.2) is 0 Å². The van der Waals surface area contributed by atoms with Gasteiger partial charge in [0.05, 0.1) is 0 Å². The maximum atomic E-state index is 5.98. The van der Waals surface area contributed by atoms with Crippen LogP contribution in [0.15, 0.2) is 24.3 Å². The molecule has 0 saturated carbocycles. The van der Waals surface area contributed by atoms with E-state index < -0.39 is 0 Å². The first kappa shape index (κ1) is 11.6. The summed E-state index contributed by atoms with van der Waals surface area (Å²) >= 11 is 5.98. The van der Waals surface area contributed by atoms with Crippen molar-refractivity contribution < 1.29 is 0 Å². The van der Waals surface area contributed by atoms with Gasteiger partial charge in [0.2, 0.25) is 0 Å². The van der Waals surface area contributed by atoms with Crippen LogP contribution in [-0.2, 0) is 0 Å². The van der Waals surface area contributed by atoms with Gasteiger partial charge in [0.25, 0.3) is 0 Å². The van der Waals surface area contributed by atoms with Gasteiger partial charge in [0, 0.05) is 5.02 Å². The topological polar surface area (TPSA) is 0 Å². The number of hydrogen-bond donors (Lipinski definition) is 0. The minimum atomic E-state index is 0.661. The molecule has 0 bridgehead atoms. The third kappa shape index (κ3) is 3.34. The van der Waals surface area contributed by atoms with Crippen LogP contribution >= 0.6 is 11.6 Å². The molecule has 1 unspecified atom stereocenters. The summed E-state index contributed by atoms with van der Waals surface area (Å²) in [7, 11) is 0. The molecule has 0 nitrogen and oxygen atoms in total. The van der Waals surface area contributed by atoms with Crippen molar-refractivity contribution in [3.63, 3.8) is 0 Å². The van der Waals surface area contributed by atoms with E-state index >= 15 is 0 Å². The summed E-state index contributed by atoms with van der Waals surface area (Å²) in [6.45, 7) is 6.79. The van der Waals surface area contributed by atoms with Gasteiger partial charge >= 0.3 is 0 Å². The fourth-order valence-corrected chi connectivity index (χ4v) is 2.07. The highest BCUT2D eigenvalue weighted by molar-refractivity contribution is 6.30. The molecule has 0 aliphatic rings. The molecule has 0 aromatic heterocycles. The molecule has 0 heterocycles. The van der Waals surface area contributed by atoms with Gasteiger partial charge < -0.3 is 0 Å². The van der Waals surface area contributed by atoms with Gasteiger partial charge in [-0.15, -0.1) is 0 Å². The lowest BCUT2D eigenvalue weighted by molar-refractivity contribution is 0.489. The first-order chi connectivity index (χ1) is 6.63. The molecule has 0 spiro atoms. The number of halogens is 1. The average Bonchev–Trinajstić information content (AvgIpc) is 2.14. The largest absolute Gasteiger partial charge is 0.0843 e. The van der Waals surface area contributed by atoms with Gasteiger partial charge in [0.1, 0.15) is 0 Å². The maximum absolute atomic E-state index is 5.98. The van der Waals surface area contributed by atoms with E-state index in [-0.39, 0.29) is 0 Å². The van der Waals surface area contributed by atoms with Crippen LogP contribution < -0.4 is 0 Å². The Morgan fingerprint density at radius 3 is 2.50 bits per heavy atom. The molecule has 14 heavy (non-hydrogen) atoms. The van der Waals surface area contributed by atoms with Crippen LogP contribution in [0, 0.1) is 5.92 Å². The Morgan fingerprint density at radius 1 is 1.29 bits per heavy atom. The first-order valence-corrected chi connectivity index (χ1v) is 5.76. The van der Waals surface area contributed by atoms with Crippen molar-refractivity contribution >= 4 is 11.6 Å². The Hall–Kier alpha value is -0.490. The highest BCUT2D eigenvalue weighted by Crippen LogP contribution is 2.28. The quantitative estimate of drug-likeness (QED) is 0.665. The van der Waals surface area contributed by atoms with Gasteiger partial charge in [0.15, 0.2) is 0 Å². The lowest BCUT2D eigenvalue weighted by Crippen LogP contribution is -2.01. The van der Waals surface area contributed by atoms with Gasteiger partial charge in [-0.05, 0) is 42.4 Å². The molecule has 0 amide bonds. The Morgan fingerprint density at radius 2 is 2.00 bits per heavy atom. The Kier molecular flexibility index (Phi) is 4.47. The molecule has 1 rings (SSSR count). The smallest absolute Gasteiger partial charge is 0.0408 e. The van der Waals surface area contributed by atoms with Crippen molar-refractivity contribution in [1.82, 2.24) is 0 Å². The van der Waals surface area contributed by atoms with E-state index in [1.807, 2.05) is 12.1 Å². The molecule has 0 aliphatic heterocycles. The normalized spacial score (nSPS) is 13.2. The molecule has 0 N–H and O–H groups in total. The van der Waals surface area contributed by atoms with Crippen molar-refractivity contribution in [3.8, 4) is 0 Å². The SMILES string of the molecule is CCC(CC(C)C)c1cccc(Cl)c1. The van der Waals surface area contributed by atoms with Gasteiger partial charge in [-0.2, -0.15) is 0 Å². The second kappa shape index (κ2) is 5.41. The van der Waals surface area contributed by atoms with E-state index in [4.69, 9.17) is 11.6 Å². The highest BCUT2D eigenvalue weighted by atomic mass is 35.5. The number of rotatable bonds is 4. The Bertz CT molecular complexity index is 278.